The van der Waals surface area contributed by atoms with Crippen molar-refractivity contribution in [3.05, 3.63) is 70.7 Å². The zero-order chi connectivity index (χ0) is 12.1. The van der Waals surface area contributed by atoms with Gasteiger partial charge in [-0.25, -0.2) is 0 Å². The van der Waals surface area contributed by atoms with E-state index in [9.17, 15) is 0 Å². The van der Waals surface area contributed by atoms with E-state index >= 15 is 0 Å². The Kier molecular flexibility index (Phi) is 3.78. The molecule has 0 aliphatic carbocycles. The van der Waals surface area contributed by atoms with Crippen LogP contribution in [0.3, 0.4) is 0 Å². The van der Waals surface area contributed by atoms with Crippen molar-refractivity contribution < 1.29 is 5.21 Å². The van der Waals surface area contributed by atoms with Crippen LogP contribution in [-0.2, 0) is 6.42 Å². The van der Waals surface area contributed by atoms with Crippen LogP contribution in [0.25, 0.3) is 0 Å². The molecule has 2 aromatic rings. The van der Waals surface area contributed by atoms with E-state index in [0.29, 0.717) is 17.2 Å². The summed E-state index contributed by atoms with van der Waals surface area (Å²) in [6.45, 7) is 0. The number of rotatable bonds is 3. The number of hydrogen-bond donors (Lipinski definition) is 1. The van der Waals surface area contributed by atoms with Crippen LogP contribution in [0.15, 0.2) is 59.8 Å². The lowest BCUT2D eigenvalue weighted by Gasteiger charge is -2.06. The van der Waals surface area contributed by atoms with Gasteiger partial charge in [-0.15, -0.1) is 0 Å². The number of benzene rings is 2. The molecule has 0 aliphatic rings. The summed E-state index contributed by atoms with van der Waals surface area (Å²) in [4.78, 5) is 0. The average Bonchev–Trinajstić information content (AvgIpc) is 2.38. The third-order valence-electron chi connectivity index (χ3n) is 2.52. The Labute approximate surface area is 105 Å². The third kappa shape index (κ3) is 2.86. The van der Waals surface area contributed by atoms with Gasteiger partial charge in [-0.1, -0.05) is 65.3 Å². The lowest BCUT2D eigenvalue weighted by molar-refractivity contribution is 0.318. The van der Waals surface area contributed by atoms with Gasteiger partial charge in [0, 0.05) is 17.0 Å². The molecule has 0 saturated heterocycles. The van der Waals surface area contributed by atoms with Crippen molar-refractivity contribution >= 4 is 17.3 Å². The molecule has 86 valence electrons. The third-order valence-corrected chi connectivity index (χ3v) is 2.85. The smallest absolute Gasteiger partial charge is 0.0926 e. The highest BCUT2D eigenvalue weighted by atomic mass is 35.5. The minimum atomic E-state index is 0.557. The molecule has 0 aliphatic heterocycles. The summed E-state index contributed by atoms with van der Waals surface area (Å²) in [7, 11) is 0. The fraction of sp³-hybridized carbons (Fsp3) is 0.0714. The number of halogens is 1. The minimum absolute atomic E-state index is 0.557. The van der Waals surface area contributed by atoms with E-state index in [4.69, 9.17) is 16.8 Å². The van der Waals surface area contributed by atoms with Crippen molar-refractivity contribution in [1.29, 1.82) is 0 Å². The van der Waals surface area contributed by atoms with Gasteiger partial charge in [-0.05, 0) is 11.6 Å². The highest BCUT2D eigenvalue weighted by Gasteiger charge is 2.08. The largest absolute Gasteiger partial charge is 0.411 e. The zero-order valence-electron chi connectivity index (χ0n) is 9.18. The Morgan fingerprint density at radius 2 is 1.65 bits per heavy atom. The van der Waals surface area contributed by atoms with Crippen molar-refractivity contribution in [3.8, 4) is 0 Å². The predicted octanol–water partition coefficient (Wildman–Crippen LogP) is 3.76. The van der Waals surface area contributed by atoms with E-state index in [0.717, 1.165) is 11.1 Å². The zero-order valence-corrected chi connectivity index (χ0v) is 9.93. The van der Waals surface area contributed by atoms with Gasteiger partial charge in [0.1, 0.15) is 0 Å². The molecule has 0 spiro atoms. The van der Waals surface area contributed by atoms with Crippen LogP contribution in [0.5, 0.6) is 0 Å². The first-order valence-electron chi connectivity index (χ1n) is 5.31. The lowest BCUT2D eigenvalue weighted by atomic mass is 10.0. The molecular formula is C14H12ClNO. The second-order valence-corrected chi connectivity index (χ2v) is 4.10. The number of nitrogens with zero attached hydrogens (tertiary/aromatic N) is 1. The van der Waals surface area contributed by atoms with E-state index in [-0.39, 0.29) is 0 Å². The molecule has 0 amide bonds. The van der Waals surface area contributed by atoms with Gasteiger partial charge in [-0.2, -0.15) is 0 Å². The second-order valence-electron chi connectivity index (χ2n) is 3.69. The maximum Gasteiger partial charge on any atom is 0.0926 e. The van der Waals surface area contributed by atoms with Crippen LogP contribution in [0.1, 0.15) is 11.1 Å². The molecule has 17 heavy (non-hydrogen) atoms. The normalized spacial score (nSPS) is 11.5. The van der Waals surface area contributed by atoms with Crippen LogP contribution in [0, 0.1) is 0 Å². The topological polar surface area (TPSA) is 32.6 Å². The number of hydrogen-bond acceptors (Lipinski definition) is 2. The molecule has 0 heterocycles. The second kappa shape index (κ2) is 5.51. The summed E-state index contributed by atoms with van der Waals surface area (Å²) >= 11 is 6.07. The Morgan fingerprint density at radius 3 is 2.29 bits per heavy atom. The molecule has 2 nitrogen and oxygen atoms in total. The summed E-state index contributed by atoms with van der Waals surface area (Å²) in [5.41, 5.74) is 2.42. The molecule has 2 aromatic carbocycles. The summed E-state index contributed by atoms with van der Waals surface area (Å²) < 4.78 is 0. The van der Waals surface area contributed by atoms with E-state index < -0.39 is 0 Å². The summed E-state index contributed by atoms with van der Waals surface area (Å²) in [5, 5.41) is 13.0. The Balaban J connectivity index is 2.28. The maximum atomic E-state index is 9.09. The van der Waals surface area contributed by atoms with E-state index in [1.807, 2.05) is 48.5 Å². The van der Waals surface area contributed by atoms with Crippen LogP contribution < -0.4 is 0 Å². The van der Waals surface area contributed by atoms with Gasteiger partial charge >= 0.3 is 0 Å². The summed E-state index contributed by atoms with van der Waals surface area (Å²) in [6.07, 6.45) is 0.557. The minimum Gasteiger partial charge on any atom is -0.411 e. The molecule has 0 atom stereocenters. The van der Waals surface area contributed by atoms with Gasteiger partial charge in [0.05, 0.1) is 5.71 Å². The average molecular weight is 246 g/mol. The van der Waals surface area contributed by atoms with Crippen LogP contribution in [0.2, 0.25) is 5.02 Å². The van der Waals surface area contributed by atoms with Gasteiger partial charge in [0.15, 0.2) is 0 Å². The van der Waals surface area contributed by atoms with E-state index in [1.54, 1.807) is 6.07 Å². The predicted molar refractivity (Wildman–Crippen MR) is 69.9 cm³/mol. The molecule has 1 N–H and O–H groups in total. The van der Waals surface area contributed by atoms with Gasteiger partial charge < -0.3 is 5.21 Å². The molecule has 0 bridgehead atoms. The van der Waals surface area contributed by atoms with Gasteiger partial charge in [0.25, 0.3) is 0 Å². The fourth-order valence-corrected chi connectivity index (χ4v) is 1.91. The van der Waals surface area contributed by atoms with Crippen molar-refractivity contribution in [3.63, 3.8) is 0 Å². The molecule has 3 heteroatoms. The van der Waals surface area contributed by atoms with Gasteiger partial charge in [0.2, 0.25) is 0 Å². The van der Waals surface area contributed by atoms with Gasteiger partial charge in [-0.3, -0.25) is 0 Å². The molecular weight excluding hydrogens is 234 g/mol. The first-order chi connectivity index (χ1) is 8.31. The first kappa shape index (κ1) is 11.7. The standard InChI is InChI=1S/C14H12ClNO/c15-13-9-5-4-8-12(13)14(16-17)10-11-6-2-1-3-7-11/h1-9,17H,10H2. The highest BCUT2D eigenvalue weighted by Crippen LogP contribution is 2.18. The molecule has 0 fully saturated rings. The van der Waals surface area contributed by atoms with Crippen LogP contribution in [-0.4, -0.2) is 10.9 Å². The van der Waals surface area contributed by atoms with Crippen molar-refractivity contribution in [2.75, 3.05) is 0 Å². The van der Waals surface area contributed by atoms with Crippen molar-refractivity contribution in [2.45, 2.75) is 6.42 Å². The molecule has 2 rings (SSSR count). The van der Waals surface area contributed by atoms with Crippen molar-refractivity contribution in [1.82, 2.24) is 0 Å². The molecule has 0 saturated carbocycles. The molecule has 0 unspecified atom stereocenters. The Hall–Kier alpha value is -1.80. The van der Waals surface area contributed by atoms with Crippen molar-refractivity contribution in [2.24, 2.45) is 5.16 Å². The SMILES string of the molecule is ON=C(Cc1ccccc1)c1ccccc1Cl. The fourth-order valence-electron chi connectivity index (χ4n) is 1.67. The lowest BCUT2D eigenvalue weighted by Crippen LogP contribution is -2.06. The van der Waals surface area contributed by atoms with E-state index in [2.05, 4.69) is 5.16 Å². The molecule has 0 aromatic heterocycles. The maximum absolute atomic E-state index is 9.09. The monoisotopic (exact) mass is 245 g/mol. The molecule has 0 radical (unpaired) electrons. The first-order valence-corrected chi connectivity index (χ1v) is 5.69. The van der Waals surface area contributed by atoms with Crippen LogP contribution in [0.4, 0.5) is 0 Å². The quantitative estimate of drug-likeness (QED) is 0.498. The van der Waals surface area contributed by atoms with E-state index in [1.165, 1.54) is 0 Å². The Bertz CT molecular complexity index is 523. The summed E-state index contributed by atoms with van der Waals surface area (Å²) in [6, 6.07) is 17.2. The number of oxime groups is 1. The van der Waals surface area contributed by atoms with Crippen LogP contribution >= 0.6 is 11.6 Å². The summed E-state index contributed by atoms with van der Waals surface area (Å²) in [5.74, 6) is 0. The highest BCUT2D eigenvalue weighted by molar-refractivity contribution is 6.34. The Morgan fingerprint density at radius 1 is 1.00 bits per heavy atom.